The Morgan fingerprint density at radius 1 is 1.21 bits per heavy atom. The van der Waals surface area contributed by atoms with Gasteiger partial charge in [-0.2, -0.15) is 5.10 Å². The number of rotatable bonds is 7. The molecule has 0 saturated heterocycles. The number of carbonyl (C=O) groups is 1. The van der Waals surface area contributed by atoms with Crippen molar-refractivity contribution in [2.45, 2.75) is 20.3 Å². The largest absolute Gasteiger partial charge is 0.465 e. The van der Waals surface area contributed by atoms with Crippen molar-refractivity contribution < 1.29 is 9.53 Å². The van der Waals surface area contributed by atoms with Crippen LogP contribution in [0.15, 0.2) is 59.7 Å². The Labute approximate surface area is 168 Å². The number of esters is 1. The molecule has 0 amide bonds. The molecule has 3 aromatic rings. The molecular weight excluding hydrogens is 372 g/mol. The molecule has 6 nitrogen and oxygen atoms in total. The number of anilines is 1. The van der Waals surface area contributed by atoms with Crippen LogP contribution >= 0.6 is 12.2 Å². The summed E-state index contributed by atoms with van der Waals surface area (Å²) in [5, 5.41) is 4.38. The second kappa shape index (κ2) is 9.23. The number of ether oxygens (including phenoxy) is 1. The van der Waals surface area contributed by atoms with Crippen molar-refractivity contribution in [3.05, 3.63) is 64.8 Å². The molecule has 28 heavy (non-hydrogen) atoms. The fourth-order valence-corrected chi connectivity index (χ4v) is 3.02. The summed E-state index contributed by atoms with van der Waals surface area (Å²) in [6.45, 7) is 3.91. The van der Waals surface area contributed by atoms with Gasteiger partial charge in [-0.3, -0.25) is 10.2 Å². The number of nitrogens with zero attached hydrogens (tertiary/aromatic N) is 2. The highest BCUT2D eigenvalue weighted by atomic mass is 32.1. The fraction of sp³-hybridized carbons (Fsp3) is 0.238. The van der Waals surface area contributed by atoms with Gasteiger partial charge in [0, 0.05) is 5.71 Å². The van der Waals surface area contributed by atoms with Gasteiger partial charge in [-0.1, -0.05) is 54.7 Å². The highest BCUT2D eigenvalue weighted by Gasteiger charge is 2.23. The van der Waals surface area contributed by atoms with Gasteiger partial charge in [0.15, 0.2) is 5.82 Å². The highest BCUT2D eigenvalue weighted by Crippen LogP contribution is 2.16. The summed E-state index contributed by atoms with van der Waals surface area (Å²) in [5.41, 5.74) is 6.17. The number of carbonyl (C=O) groups excluding carboxylic acids is 1. The Bertz CT molecular complexity index is 1050. The molecule has 1 aromatic heterocycles. The van der Waals surface area contributed by atoms with E-state index >= 15 is 0 Å². The van der Waals surface area contributed by atoms with Crippen molar-refractivity contribution >= 4 is 40.8 Å². The van der Waals surface area contributed by atoms with Crippen molar-refractivity contribution in [2.75, 3.05) is 12.0 Å². The fourth-order valence-electron chi connectivity index (χ4n) is 2.82. The summed E-state index contributed by atoms with van der Waals surface area (Å²) >= 11 is 5.35. The van der Waals surface area contributed by atoms with Gasteiger partial charge < -0.3 is 9.72 Å². The minimum Gasteiger partial charge on any atom is -0.465 e. The molecule has 7 heteroatoms. The zero-order valence-electron chi connectivity index (χ0n) is 15.8. The Balaban J connectivity index is 1.84. The van der Waals surface area contributed by atoms with Crippen LogP contribution in [0.2, 0.25) is 0 Å². The summed E-state index contributed by atoms with van der Waals surface area (Å²) in [7, 11) is 0. The Kier molecular flexibility index (Phi) is 6.49. The van der Waals surface area contributed by atoms with Gasteiger partial charge in [0.25, 0.3) is 0 Å². The lowest BCUT2D eigenvalue weighted by atomic mass is 9.95. The summed E-state index contributed by atoms with van der Waals surface area (Å²) in [6, 6.07) is 17.4. The molecule has 0 spiro atoms. The number of aromatic amines is 1. The predicted octanol–water partition coefficient (Wildman–Crippen LogP) is 4.50. The van der Waals surface area contributed by atoms with Gasteiger partial charge in [-0.25, -0.2) is 4.98 Å². The van der Waals surface area contributed by atoms with Crippen LogP contribution in [-0.4, -0.2) is 28.3 Å². The molecule has 1 heterocycles. The molecule has 0 aliphatic carbocycles. The van der Waals surface area contributed by atoms with Crippen LogP contribution in [0.3, 0.4) is 0 Å². The third kappa shape index (κ3) is 4.80. The quantitative estimate of drug-likeness (QED) is 0.267. The van der Waals surface area contributed by atoms with Crippen LogP contribution in [0.1, 0.15) is 19.4 Å². The molecule has 0 aliphatic rings. The molecule has 2 aromatic carbocycles. The minimum atomic E-state index is -0.493. The molecule has 1 unspecified atom stereocenters. The lowest BCUT2D eigenvalue weighted by Gasteiger charge is -2.16. The summed E-state index contributed by atoms with van der Waals surface area (Å²) in [4.78, 5) is 20.1. The number of benzene rings is 2. The Morgan fingerprint density at radius 3 is 2.68 bits per heavy atom. The van der Waals surface area contributed by atoms with Crippen LogP contribution in [0.5, 0.6) is 0 Å². The second-order valence-corrected chi connectivity index (χ2v) is 6.70. The standard InChI is InChI=1S/C21H22N4O2S/c1-3-27-21(26)16(13-15-9-5-4-6-10-15)14(2)24-25-19-20(28)23-18-12-8-7-11-17(18)22-19/h4-12,16H,3,13H2,1-2H3,(H,22,25)(H,23,28)/b24-14-. The summed E-state index contributed by atoms with van der Waals surface area (Å²) < 4.78 is 5.69. The van der Waals surface area contributed by atoms with Crippen molar-refractivity contribution in [2.24, 2.45) is 11.0 Å². The maximum absolute atomic E-state index is 12.5. The maximum Gasteiger partial charge on any atom is 0.315 e. The van der Waals surface area contributed by atoms with E-state index in [0.717, 1.165) is 16.6 Å². The maximum atomic E-state index is 12.5. The first kappa shape index (κ1) is 19.7. The van der Waals surface area contributed by atoms with E-state index in [9.17, 15) is 4.79 Å². The zero-order chi connectivity index (χ0) is 19.9. The molecule has 0 saturated carbocycles. The summed E-state index contributed by atoms with van der Waals surface area (Å²) in [5.74, 6) is -0.353. The van der Waals surface area contributed by atoms with Crippen molar-refractivity contribution in [3.8, 4) is 0 Å². The first-order chi connectivity index (χ1) is 13.6. The highest BCUT2D eigenvalue weighted by molar-refractivity contribution is 7.71. The van der Waals surface area contributed by atoms with Gasteiger partial charge in [-0.15, -0.1) is 0 Å². The van der Waals surface area contributed by atoms with Gasteiger partial charge in [0.2, 0.25) is 0 Å². The lowest BCUT2D eigenvalue weighted by Crippen LogP contribution is -2.27. The van der Waals surface area contributed by atoms with E-state index in [1.165, 1.54) is 0 Å². The van der Waals surface area contributed by atoms with Gasteiger partial charge in [-0.05, 0) is 38.0 Å². The predicted molar refractivity (Wildman–Crippen MR) is 114 cm³/mol. The number of hydrogen-bond acceptors (Lipinski definition) is 6. The van der Waals surface area contributed by atoms with Crippen molar-refractivity contribution in [3.63, 3.8) is 0 Å². The molecule has 3 rings (SSSR count). The van der Waals surface area contributed by atoms with E-state index in [2.05, 4.69) is 20.5 Å². The van der Waals surface area contributed by atoms with E-state index < -0.39 is 5.92 Å². The first-order valence-electron chi connectivity index (χ1n) is 9.08. The molecular formula is C21H22N4O2S. The number of aromatic nitrogens is 2. The van der Waals surface area contributed by atoms with Crippen molar-refractivity contribution in [1.82, 2.24) is 9.97 Å². The van der Waals surface area contributed by atoms with E-state index in [1.807, 2.05) is 54.6 Å². The van der Waals surface area contributed by atoms with Crippen LogP contribution < -0.4 is 5.43 Å². The molecule has 0 radical (unpaired) electrons. The molecule has 2 N–H and O–H groups in total. The van der Waals surface area contributed by atoms with Gasteiger partial charge in [0.05, 0.1) is 17.6 Å². The van der Waals surface area contributed by atoms with Crippen LogP contribution in [0.25, 0.3) is 11.0 Å². The van der Waals surface area contributed by atoms with Crippen LogP contribution in [0.4, 0.5) is 5.82 Å². The van der Waals surface area contributed by atoms with Crippen LogP contribution in [0, 0.1) is 10.6 Å². The smallest absolute Gasteiger partial charge is 0.315 e. The Morgan fingerprint density at radius 2 is 1.93 bits per heavy atom. The molecule has 144 valence electrons. The monoisotopic (exact) mass is 394 g/mol. The third-order valence-electron chi connectivity index (χ3n) is 4.30. The molecule has 0 aliphatic heterocycles. The van der Waals surface area contributed by atoms with E-state index in [4.69, 9.17) is 17.0 Å². The second-order valence-electron chi connectivity index (χ2n) is 6.29. The average Bonchev–Trinajstić information content (AvgIpc) is 2.71. The molecule has 1 atom stereocenters. The van der Waals surface area contributed by atoms with E-state index in [0.29, 0.717) is 29.2 Å². The zero-order valence-corrected chi connectivity index (χ0v) is 16.6. The molecule has 0 bridgehead atoms. The third-order valence-corrected chi connectivity index (χ3v) is 4.59. The number of hydrazone groups is 1. The number of fused-ring (bicyclic) bond motifs is 1. The van der Waals surface area contributed by atoms with Gasteiger partial charge in [0.1, 0.15) is 10.6 Å². The SMILES string of the molecule is CCOC(=O)C(Cc1ccccc1)/C(C)=N\Nc1nc2ccccc2[nH]c1=S. The average molecular weight is 395 g/mol. The van der Waals surface area contributed by atoms with Gasteiger partial charge >= 0.3 is 5.97 Å². The summed E-state index contributed by atoms with van der Waals surface area (Å²) in [6.07, 6.45) is 0.509. The van der Waals surface area contributed by atoms with E-state index in [-0.39, 0.29) is 5.97 Å². The number of para-hydroxylation sites is 2. The number of nitrogens with one attached hydrogen (secondary N) is 2. The lowest BCUT2D eigenvalue weighted by molar-refractivity contribution is -0.145. The topological polar surface area (TPSA) is 79.4 Å². The van der Waals surface area contributed by atoms with E-state index in [1.54, 1.807) is 13.8 Å². The minimum absolute atomic E-state index is 0.300. The number of hydrogen-bond donors (Lipinski definition) is 2. The molecule has 0 fully saturated rings. The first-order valence-corrected chi connectivity index (χ1v) is 9.49. The van der Waals surface area contributed by atoms with Crippen molar-refractivity contribution in [1.29, 1.82) is 0 Å². The Hall–Kier alpha value is -3.06. The number of H-pyrrole nitrogens is 1. The normalized spacial score (nSPS) is 12.6. The van der Waals surface area contributed by atoms with Crippen LogP contribution in [-0.2, 0) is 16.0 Å².